The summed E-state index contributed by atoms with van der Waals surface area (Å²) in [6.07, 6.45) is 0. The van der Waals surface area contributed by atoms with Gasteiger partial charge in [0.1, 0.15) is 0 Å². The van der Waals surface area contributed by atoms with Crippen LogP contribution in [-0.4, -0.2) is 81.8 Å². The standard InChI is InChI=1S/C17H28N2O7/c20-19-18(16-17-4-2-1-3-5-17)25-14-12-23-10-8-21-6-7-22-9-11-24-13-15-26-19/h1-5,20H,6-16H2. The second-order valence-corrected chi connectivity index (χ2v) is 5.36. The molecule has 9 heteroatoms. The quantitative estimate of drug-likeness (QED) is 0.819. The van der Waals surface area contributed by atoms with Crippen molar-refractivity contribution >= 4 is 0 Å². The molecular formula is C17H28N2O7. The average molecular weight is 372 g/mol. The van der Waals surface area contributed by atoms with Gasteiger partial charge in [0.05, 0.1) is 72.6 Å². The fraction of sp³-hybridized carbons (Fsp3) is 0.647. The molecule has 1 aliphatic rings. The van der Waals surface area contributed by atoms with Crippen LogP contribution in [0.15, 0.2) is 30.3 Å². The van der Waals surface area contributed by atoms with Crippen LogP contribution in [0.25, 0.3) is 0 Å². The molecule has 0 bridgehead atoms. The smallest absolute Gasteiger partial charge is 0.0961 e. The summed E-state index contributed by atoms with van der Waals surface area (Å²) in [6.45, 7) is 4.34. The van der Waals surface area contributed by atoms with Gasteiger partial charge in [0, 0.05) is 5.34 Å². The van der Waals surface area contributed by atoms with Crippen molar-refractivity contribution in [3.63, 3.8) is 0 Å². The van der Waals surface area contributed by atoms with Gasteiger partial charge in [-0.3, -0.25) is 14.9 Å². The highest BCUT2D eigenvalue weighted by Gasteiger charge is 2.16. The molecule has 9 nitrogen and oxygen atoms in total. The Balaban J connectivity index is 1.81. The first kappa shape index (κ1) is 21.2. The summed E-state index contributed by atoms with van der Waals surface area (Å²) in [6, 6.07) is 9.62. The zero-order valence-corrected chi connectivity index (χ0v) is 15.0. The Morgan fingerprint density at radius 3 is 1.65 bits per heavy atom. The highest BCUT2D eigenvalue weighted by molar-refractivity contribution is 5.13. The average Bonchev–Trinajstić information content (AvgIpc) is 2.66. The van der Waals surface area contributed by atoms with Crippen molar-refractivity contribution in [1.82, 2.24) is 10.5 Å². The van der Waals surface area contributed by atoms with Gasteiger partial charge in [0.15, 0.2) is 0 Å². The minimum absolute atomic E-state index is 0.171. The number of benzene rings is 1. The molecule has 0 atom stereocenters. The molecule has 1 heterocycles. The predicted molar refractivity (Wildman–Crippen MR) is 90.8 cm³/mol. The van der Waals surface area contributed by atoms with Crippen molar-refractivity contribution in [3.05, 3.63) is 35.9 Å². The summed E-state index contributed by atoms with van der Waals surface area (Å²) >= 11 is 0. The molecule has 0 unspecified atom stereocenters. The third kappa shape index (κ3) is 9.53. The third-order valence-electron chi connectivity index (χ3n) is 3.37. The number of ether oxygens (including phenoxy) is 4. The Hall–Kier alpha value is -1.14. The van der Waals surface area contributed by atoms with Gasteiger partial charge in [-0.2, -0.15) is 0 Å². The van der Waals surface area contributed by atoms with E-state index in [-0.39, 0.29) is 13.2 Å². The summed E-state index contributed by atoms with van der Waals surface area (Å²) in [7, 11) is 0. The minimum atomic E-state index is 0.171. The molecule has 1 N–H and O–H groups in total. The largest absolute Gasteiger partial charge is 0.377 e. The van der Waals surface area contributed by atoms with Crippen LogP contribution in [0, 0.1) is 0 Å². The summed E-state index contributed by atoms with van der Waals surface area (Å²) < 4.78 is 21.6. The van der Waals surface area contributed by atoms with Crippen molar-refractivity contribution in [1.29, 1.82) is 0 Å². The lowest BCUT2D eigenvalue weighted by Crippen LogP contribution is -2.41. The van der Waals surface area contributed by atoms with Crippen LogP contribution in [0.4, 0.5) is 0 Å². The van der Waals surface area contributed by atoms with Gasteiger partial charge < -0.3 is 18.9 Å². The number of rotatable bonds is 2. The van der Waals surface area contributed by atoms with E-state index in [1.54, 1.807) is 0 Å². The van der Waals surface area contributed by atoms with E-state index in [0.717, 1.165) is 5.56 Å². The first-order valence-corrected chi connectivity index (χ1v) is 8.73. The molecule has 1 aliphatic heterocycles. The molecule has 0 amide bonds. The van der Waals surface area contributed by atoms with E-state index in [1.165, 1.54) is 5.17 Å². The molecule has 1 saturated heterocycles. The van der Waals surface area contributed by atoms with Gasteiger partial charge in [0.25, 0.3) is 0 Å². The maximum atomic E-state index is 10.1. The molecule has 2 rings (SSSR count). The van der Waals surface area contributed by atoms with Gasteiger partial charge in [-0.05, 0) is 5.56 Å². The molecule has 26 heavy (non-hydrogen) atoms. The van der Waals surface area contributed by atoms with Gasteiger partial charge in [-0.25, -0.2) is 0 Å². The van der Waals surface area contributed by atoms with Crippen LogP contribution in [0.1, 0.15) is 5.56 Å². The molecule has 0 saturated carbocycles. The van der Waals surface area contributed by atoms with Crippen molar-refractivity contribution in [2.75, 3.05) is 66.1 Å². The van der Waals surface area contributed by atoms with E-state index in [0.29, 0.717) is 64.7 Å². The number of hydrazine groups is 1. The van der Waals surface area contributed by atoms with Gasteiger partial charge in [0.2, 0.25) is 0 Å². The fourth-order valence-corrected chi connectivity index (χ4v) is 2.10. The summed E-state index contributed by atoms with van der Waals surface area (Å²) in [5, 5.41) is 11.9. The van der Waals surface area contributed by atoms with E-state index < -0.39 is 0 Å². The van der Waals surface area contributed by atoms with Crippen LogP contribution in [0.2, 0.25) is 0 Å². The Labute approximate surface area is 153 Å². The summed E-state index contributed by atoms with van der Waals surface area (Å²) in [5.74, 6) is 0. The third-order valence-corrected chi connectivity index (χ3v) is 3.37. The zero-order chi connectivity index (χ0) is 18.3. The van der Waals surface area contributed by atoms with Gasteiger partial charge in [-0.1, -0.05) is 35.5 Å². The van der Waals surface area contributed by atoms with Crippen LogP contribution in [0.5, 0.6) is 0 Å². The second-order valence-electron chi connectivity index (χ2n) is 5.36. The molecule has 0 spiro atoms. The Morgan fingerprint density at radius 2 is 1.12 bits per heavy atom. The van der Waals surface area contributed by atoms with Crippen LogP contribution in [0.3, 0.4) is 0 Å². The molecule has 0 radical (unpaired) electrons. The molecule has 0 aromatic heterocycles. The number of hydrogen-bond acceptors (Lipinski definition) is 9. The fourth-order valence-electron chi connectivity index (χ4n) is 2.10. The number of hydrogen-bond donors (Lipinski definition) is 1. The van der Waals surface area contributed by atoms with E-state index in [1.807, 2.05) is 30.3 Å². The summed E-state index contributed by atoms with van der Waals surface area (Å²) in [4.78, 5) is 10.8. The highest BCUT2D eigenvalue weighted by atomic mass is 17.0. The minimum Gasteiger partial charge on any atom is -0.377 e. The molecule has 1 fully saturated rings. The highest BCUT2D eigenvalue weighted by Crippen LogP contribution is 2.07. The SMILES string of the molecule is ON1OCCOCCOCCOCCOCCON1Cc1ccccc1. The molecule has 0 aliphatic carbocycles. The lowest BCUT2D eigenvalue weighted by Gasteiger charge is -2.27. The lowest BCUT2D eigenvalue weighted by molar-refractivity contribution is -0.523. The van der Waals surface area contributed by atoms with Crippen LogP contribution < -0.4 is 0 Å². The zero-order valence-electron chi connectivity index (χ0n) is 15.0. The van der Waals surface area contributed by atoms with Crippen molar-refractivity contribution in [2.45, 2.75) is 6.54 Å². The Kier molecular flexibility index (Phi) is 11.4. The van der Waals surface area contributed by atoms with E-state index in [9.17, 15) is 5.21 Å². The van der Waals surface area contributed by atoms with Crippen LogP contribution >= 0.6 is 0 Å². The molecule has 1 aromatic rings. The maximum Gasteiger partial charge on any atom is 0.0961 e. The number of nitrogens with zero attached hydrogens (tertiary/aromatic N) is 2. The normalized spacial score (nSPS) is 21.7. The topological polar surface area (TPSA) is 82.1 Å². The Morgan fingerprint density at radius 1 is 0.654 bits per heavy atom. The Bertz CT molecular complexity index is 452. The van der Waals surface area contributed by atoms with Gasteiger partial charge >= 0.3 is 0 Å². The predicted octanol–water partition coefficient (Wildman–Crippen LogP) is 1.04. The van der Waals surface area contributed by atoms with E-state index in [4.69, 9.17) is 28.6 Å². The first-order valence-electron chi connectivity index (χ1n) is 8.73. The monoisotopic (exact) mass is 372 g/mol. The van der Waals surface area contributed by atoms with Crippen molar-refractivity contribution in [2.24, 2.45) is 0 Å². The molecule has 1 aromatic carbocycles. The van der Waals surface area contributed by atoms with E-state index >= 15 is 0 Å². The first-order chi connectivity index (χ1) is 12.9. The lowest BCUT2D eigenvalue weighted by atomic mass is 10.2. The molecular weight excluding hydrogens is 344 g/mol. The van der Waals surface area contributed by atoms with E-state index in [2.05, 4.69) is 0 Å². The van der Waals surface area contributed by atoms with Crippen molar-refractivity contribution in [3.8, 4) is 0 Å². The maximum absolute atomic E-state index is 10.1. The second kappa shape index (κ2) is 14.0. The van der Waals surface area contributed by atoms with Crippen LogP contribution in [-0.2, 0) is 35.2 Å². The van der Waals surface area contributed by atoms with Crippen molar-refractivity contribution < 1.29 is 33.8 Å². The number of hydroxylamine groups is 1. The van der Waals surface area contributed by atoms with Gasteiger partial charge in [-0.15, -0.1) is 0 Å². The molecule has 148 valence electrons. The summed E-state index contributed by atoms with van der Waals surface area (Å²) in [5.41, 5.74) is 0.958.